The fraction of sp³-hybridized carbons (Fsp3) is 0.273. The lowest BCUT2D eigenvalue weighted by molar-refractivity contribution is -0.121. The lowest BCUT2D eigenvalue weighted by Crippen LogP contribution is -2.46. The molecule has 2 amide bonds. The Bertz CT molecular complexity index is 1080. The molecular formula is C22H22ClN5O2. The maximum Gasteiger partial charge on any atom is 0.256 e. The number of aromatic nitrogens is 3. The Morgan fingerprint density at radius 1 is 1.20 bits per heavy atom. The summed E-state index contributed by atoms with van der Waals surface area (Å²) in [7, 11) is 0. The molecule has 8 heteroatoms. The molecule has 1 aliphatic rings. The van der Waals surface area contributed by atoms with Gasteiger partial charge in [0, 0.05) is 31.4 Å². The van der Waals surface area contributed by atoms with E-state index in [9.17, 15) is 9.59 Å². The van der Waals surface area contributed by atoms with E-state index in [2.05, 4.69) is 15.3 Å². The van der Waals surface area contributed by atoms with Crippen molar-refractivity contribution >= 4 is 29.1 Å². The number of halogens is 1. The molecule has 0 saturated heterocycles. The van der Waals surface area contributed by atoms with Gasteiger partial charge in [0.15, 0.2) is 6.04 Å². The van der Waals surface area contributed by atoms with Crippen molar-refractivity contribution in [1.82, 2.24) is 19.4 Å². The van der Waals surface area contributed by atoms with E-state index in [-0.39, 0.29) is 17.9 Å². The Labute approximate surface area is 179 Å². The number of benzene rings is 1. The Morgan fingerprint density at radius 2 is 2.00 bits per heavy atom. The molecule has 0 bridgehead atoms. The summed E-state index contributed by atoms with van der Waals surface area (Å²) >= 11 is 6.24. The second-order valence-corrected chi connectivity index (χ2v) is 7.85. The molecule has 1 N–H and O–H groups in total. The van der Waals surface area contributed by atoms with Crippen molar-refractivity contribution in [3.05, 3.63) is 77.1 Å². The Hall–Kier alpha value is -3.19. The largest absolute Gasteiger partial charge is 0.330 e. The van der Waals surface area contributed by atoms with Gasteiger partial charge in [0.2, 0.25) is 0 Å². The van der Waals surface area contributed by atoms with Crippen molar-refractivity contribution in [1.29, 1.82) is 0 Å². The summed E-state index contributed by atoms with van der Waals surface area (Å²) in [6.07, 6.45) is 5.45. The number of hydrogen-bond acceptors (Lipinski definition) is 4. The van der Waals surface area contributed by atoms with Gasteiger partial charge in [-0.1, -0.05) is 23.7 Å². The van der Waals surface area contributed by atoms with Crippen molar-refractivity contribution in [2.45, 2.75) is 32.4 Å². The second-order valence-electron chi connectivity index (χ2n) is 7.44. The third-order valence-electron chi connectivity index (χ3n) is 5.18. The van der Waals surface area contributed by atoms with Crippen molar-refractivity contribution in [3.8, 4) is 0 Å². The van der Waals surface area contributed by atoms with Gasteiger partial charge in [-0.2, -0.15) is 0 Å². The van der Waals surface area contributed by atoms with Crippen LogP contribution in [0.3, 0.4) is 0 Å². The number of anilines is 1. The highest BCUT2D eigenvalue weighted by molar-refractivity contribution is 6.33. The highest BCUT2D eigenvalue weighted by Crippen LogP contribution is 2.34. The normalized spacial score (nSPS) is 15.7. The molecule has 0 spiro atoms. The van der Waals surface area contributed by atoms with E-state index >= 15 is 0 Å². The number of amides is 2. The monoisotopic (exact) mass is 423 g/mol. The maximum atomic E-state index is 13.5. The molecule has 3 aromatic rings. The van der Waals surface area contributed by atoms with Gasteiger partial charge in [-0.25, -0.2) is 4.98 Å². The van der Waals surface area contributed by atoms with Crippen LogP contribution < -0.4 is 5.32 Å². The van der Waals surface area contributed by atoms with Crippen molar-refractivity contribution < 1.29 is 9.59 Å². The van der Waals surface area contributed by atoms with E-state index in [0.29, 0.717) is 29.2 Å². The van der Waals surface area contributed by atoms with Crippen molar-refractivity contribution in [2.75, 3.05) is 11.9 Å². The quantitative estimate of drug-likeness (QED) is 0.690. The van der Waals surface area contributed by atoms with E-state index in [1.807, 2.05) is 18.4 Å². The number of imidazole rings is 1. The van der Waals surface area contributed by atoms with Gasteiger partial charge in [-0.05, 0) is 38.1 Å². The smallest absolute Gasteiger partial charge is 0.256 e. The minimum atomic E-state index is -0.831. The van der Waals surface area contributed by atoms with E-state index in [0.717, 1.165) is 11.4 Å². The first-order valence-corrected chi connectivity index (χ1v) is 10.2. The van der Waals surface area contributed by atoms with E-state index < -0.39 is 6.04 Å². The average Bonchev–Trinajstić information content (AvgIpc) is 3.19. The molecular weight excluding hydrogens is 402 g/mol. The first-order valence-electron chi connectivity index (χ1n) is 9.79. The molecule has 30 heavy (non-hydrogen) atoms. The van der Waals surface area contributed by atoms with Crippen LogP contribution in [0.25, 0.3) is 0 Å². The fourth-order valence-electron chi connectivity index (χ4n) is 3.72. The minimum absolute atomic E-state index is 0.0882. The number of pyridine rings is 1. The minimum Gasteiger partial charge on any atom is -0.330 e. The highest BCUT2D eigenvalue weighted by Gasteiger charge is 2.40. The molecule has 4 rings (SSSR count). The first-order chi connectivity index (χ1) is 14.5. The lowest BCUT2D eigenvalue weighted by Gasteiger charge is -2.36. The van der Waals surface area contributed by atoms with Gasteiger partial charge < -0.3 is 14.8 Å². The molecule has 1 aliphatic heterocycles. The Morgan fingerprint density at radius 3 is 2.70 bits per heavy atom. The van der Waals surface area contributed by atoms with Crippen molar-refractivity contribution in [2.24, 2.45) is 0 Å². The molecule has 1 atom stereocenters. The van der Waals surface area contributed by atoms with E-state index in [1.54, 1.807) is 53.8 Å². The van der Waals surface area contributed by atoms with E-state index in [1.165, 1.54) is 6.20 Å². The predicted molar refractivity (Wildman–Crippen MR) is 114 cm³/mol. The summed E-state index contributed by atoms with van der Waals surface area (Å²) in [6, 6.07) is 9.70. The van der Waals surface area contributed by atoms with Crippen LogP contribution in [-0.4, -0.2) is 37.8 Å². The van der Waals surface area contributed by atoms with Crippen LogP contribution in [0.5, 0.6) is 0 Å². The van der Waals surface area contributed by atoms with Crippen LogP contribution in [-0.2, 0) is 11.2 Å². The molecule has 0 fully saturated rings. The zero-order valence-corrected chi connectivity index (χ0v) is 17.5. The second kappa shape index (κ2) is 8.28. The molecule has 7 nitrogen and oxygen atoms in total. The molecule has 0 aliphatic carbocycles. The Balaban J connectivity index is 1.76. The van der Waals surface area contributed by atoms with Gasteiger partial charge in [-0.3, -0.25) is 14.6 Å². The van der Waals surface area contributed by atoms with Crippen LogP contribution in [0.4, 0.5) is 5.69 Å². The average molecular weight is 424 g/mol. The maximum absolute atomic E-state index is 13.5. The Kier molecular flexibility index (Phi) is 5.55. The lowest BCUT2D eigenvalue weighted by atomic mass is 9.99. The molecule has 3 heterocycles. The summed E-state index contributed by atoms with van der Waals surface area (Å²) < 4.78 is 1.95. The zero-order valence-electron chi connectivity index (χ0n) is 16.7. The van der Waals surface area contributed by atoms with Crippen LogP contribution in [0.1, 0.15) is 47.7 Å². The number of nitrogens with zero attached hydrogens (tertiary/aromatic N) is 4. The topological polar surface area (TPSA) is 80.1 Å². The summed E-state index contributed by atoms with van der Waals surface area (Å²) in [5, 5.41) is 3.33. The van der Waals surface area contributed by atoms with Gasteiger partial charge in [0.1, 0.15) is 0 Å². The van der Waals surface area contributed by atoms with Crippen LogP contribution in [0, 0.1) is 0 Å². The summed E-state index contributed by atoms with van der Waals surface area (Å²) in [5.74, 6) is -0.576. The van der Waals surface area contributed by atoms with Gasteiger partial charge in [-0.15, -0.1) is 0 Å². The number of para-hydroxylation sites is 1. The summed E-state index contributed by atoms with van der Waals surface area (Å²) in [6.45, 7) is 4.43. The zero-order chi connectivity index (χ0) is 21.3. The summed E-state index contributed by atoms with van der Waals surface area (Å²) in [5.41, 5.74) is 2.50. The molecule has 2 aromatic heterocycles. The number of carbonyl (C=O) groups excluding carboxylic acids is 2. The highest BCUT2D eigenvalue weighted by atomic mass is 35.5. The molecule has 1 unspecified atom stereocenters. The van der Waals surface area contributed by atoms with Crippen LogP contribution in [0.15, 0.2) is 55.1 Å². The molecule has 0 radical (unpaired) electrons. The number of rotatable bonds is 4. The van der Waals surface area contributed by atoms with Gasteiger partial charge in [0.05, 0.1) is 34.0 Å². The predicted octanol–water partition coefficient (Wildman–Crippen LogP) is 3.89. The van der Waals surface area contributed by atoms with E-state index in [4.69, 9.17) is 11.6 Å². The van der Waals surface area contributed by atoms with Crippen molar-refractivity contribution in [3.63, 3.8) is 0 Å². The van der Waals surface area contributed by atoms with Gasteiger partial charge >= 0.3 is 0 Å². The fourth-order valence-corrected chi connectivity index (χ4v) is 3.90. The first kappa shape index (κ1) is 20.1. The number of fused-ring (bicyclic) bond motifs is 1. The number of hydrogen-bond donors (Lipinski definition) is 1. The molecule has 1 aromatic carbocycles. The third-order valence-corrected chi connectivity index (χ3v) is 5.51. The van der Waals surface area contributed by atoms with Crippen LogP contribution in [0.2, 0.25) is 5.02 Å². The summed E-state index contributed by atoms with van der Waals surface area (Å²) in [4.78, 5) is 36.9. The molecule has 154 valence electrons. The van der Waals surface area contributed by atoms with Gasteiger partial charge in [0.25, 0.3) is 11.8 Å². The standard InChI is InChI=1S/C22H22ClN5O2/c1-14(2)28-13-25-18-9-11-27(22(30)15-6-5-10-24-12-15)20(19(18)28)21(29)26-17-8-4-3-7-16(17)23/h3-8,10,12-14,20H,9,11H2,1-2H3,(H,26,29). The van der Waals surface area contributed by atoms with Crippen LogP contribution >= 0.6 is 11.6 Å². The number of carbonyl (C=O) groups is 2. The number of nitrogens with one attached hydrogen (secondary N) is 1. The SMILES string of the molecule is CC(C)n1cnc2c1C(C(=O)Nc1ccccc1Cl)N(C(=O)c1cccnc1)CC2. The third kappa shape index (κ3) is 3.68. The molecule has 0 saturated carbocycles.